The van der Waals surface area contributed by atoms with E-state index < -0.39 is 24.8 Å². The van der Waals surface area contributed by atoms with Gasteiger partial charge in [-0.2, -0.15) is 13.9 Å². The first-order valence-electron chi connectivity index (χ1n) is 3.73. The highest BCUT2D eigenvalue weighted by Gasteiger charge is 2.48. The Morgan fingerprint density at radius 3 is 2.73 bits per heavy atom. The molecule has 0 atom stereocenters. The molecule has 0 saturated carbocycles. The highest BCUT2D eigenvalue weighted by Crippen LogP contribution is 2.22. The number of aromatic nitrogens is 3. The number of hydrogen-bond acceptors (Lipinski definition) is 3. The van der Waals surface area contributed by atoms with E-state index >= 15 is 0 Å². The molecule has 0 radical (unpaired) electrons. The second-order valence-corrected chi connectivity index (χ2v) is 2.54. The molecule has 2 N–H and O–H groups in total. The molecule has 0 spiro atoms. The van der Waals surface area contributed by atoms with Gasteiger partial charge in [-0.3, -0.25) is 9.89 Å². The fourth-order valence-electron chi connectivity index (χ4n) is 0.697. The predicted octanol–water partition coefficient (Wildman–Crippen LogP) is 0.321. The van der Waals surface area contributed by atoms with Gasteiger partial charge in [0.05, 0.1) is 6.54 Å². The normalized spacial score (nSPS) is 11.8. The van der Waals surface area contributed by atoms with Crippen molar-refractivity contribution in [3.63, 3.8) is 0 Å². The topological polar surface area (TPSA) is 70.7 Å². The number of rotatable bonds is 4. The molecule has 9 heteroatoms. The first-order chi connectivity index (χ1) is 6.94. The molecular weight excluding hydrogens is 220 g/mol. The summed E-state index contributed by atoms with van der Waals surface area (Å²) in [4.78, 5) is 14.1. The summed E-state index contributed by atoms with van der Waals surface area (Å²) < 4.78 is 48.1. The van der Waals surface area contributed by atoms with Crippen LogP contribution in [-0.2, 0) is 11.3 Å². The van der Waals surface area contributed by atoms with E-state index in [9.17, 15) is 22.4 Å². The molecule has 0 fully saturated rings. The molecule has 0 unspecified atom stereocenters. The van der Waals surface area contributed by atoms with Gasteiger partial charge in [-0.25, -0.2) is 13.8 Å². The van der Waals surface area contributed by atoms with Crippen molar-refractivity contribution in [1.29, 1.82) is 0 Å². The van der Waals surface area contributed by atoms with Gasteiger partial charge in [0.2, 0.25) is 0 Å². The van der Waals surface area contributed by atoms with E-state index in [0.29, 0.717) is 0 Å². The Labute approximate surface area is 80.9 Å². The van der Waals surface area contributed by atoms with Crippen LogP contribution in [0.2, 0.25) is 0 Å². The number of H-pyrrole nitrogens is 1. The molecule has 0 aromatic carbocycles. The molecule has 0 aliphatic carbocycles. The van der Waals surface area contributed by atoms with E-state index in [2.05, 4.69) is 15.2 Å². The second kappa shape index (κ2) is 4.24. The van der Waals surface area contributed by atoms with E-state index in [1.807, 2.05) is 0 Å². The molecule has 1 heterocycles. The number of carbonyl (C=O) groups excluding carboxylic acids is 1. The summed E-state index contributed by atoms with van der Waals surface area (Å²) in [6, 6.07) is 0. The molecular formula is C6H6F4N4O. The predicted molar refractivity (Wildman–Crippen MR) is 39.2 cm³/mol. The number of amides is 1. The van der Waals surface area contributed by atoms with Crippen molar-refractivity contribution in [1.82, 2.24) is 20.5 Å². The maximum atomic E-state index is 12.4. The van der Waals surface area contributed by atoms with Gasteiger partial charge in [0, 0.05) is 0 Å². The Balaban J connectivity index is 2.49. The second-order valence-electron chi connectivity index (χ2n) is 2.54. The number of carbonyl (C=O) groups is 1. The van der Waals surface area contributed by atoms with E-state index in [0.717, 1.165) is 6.33 Å². The third-order valence-corrected chi connectivity index (χ3v) is 1.46. The van der Waals surface area contributed by atoms with Gasteiger partial charge in [0.15, 0.2) is 0 Å². The summed E-state index contributed by atoms with van der Waals surface area (Å²) in [5, 5.41) is 7.24. The number of nitrogens with zero attached hydrogens (tertiary/aromatic N) is 2. The number of nitrogens with one attached hydrogen (secondary N) is 2. The van der Waals surface area contributed by atoms with Crippen LogP contribution in [0, 0.1) is 0 Å². The minimum absolute atomic E-state index is 0.0911. The summed E-state index contributed by atoms with van der Waals surface area (Å²) in [6.07, 6.45) is -2.94. The van der Waals surface area contributed by atoms with E-state index in [1.54, 1.807) is 5.32 Å². The maximum absolute atomic E-state index is 12.4. The van der Waals surface area contributed by atoms with E-state index in [-0.39, 0.29) is 5.82 Å². The lowest BCUT2D eigenvalue weighted by Crippen LogP contribution is -2.44. The number of halogens is 4. The van der Waals surface area contributed by atoms with Crippen molar-refractivity contribution < 1.29 is 22.4 Å². The largest absolute Gasteiger partial charge is 0.383 e. The van der Waals surface area contributed by atoms with Crippen molar-refractivity contribution in [2.45, 2.75) is 18.9 Å². The molecule has 84 valence electrons. The number of hydrogen-bond donors (Lipinski definition) is 2. The van der Waals surface area contributed by atoms with E-state index in [1.165, 1.54) is 0 Å². The number of alkyl halides is 4. The van der Waals surface area contributed by atoms with Gasteiger partial charge in [0.25, 0.3) is 5.91 Å². The summed E-state index contributed by atoms with van der Waals surface area (Å²) in [6.45, 7) is -0.416. The molecule has 15 heavy (non-hydrogen) atoms. The molecule has 1 aromatic rings. The molecule has 0 aliphatic rings. The molecule has 5 nitrogen and oxygen atoms in total. The maximum Gasteiger partial charge on any atom is 0.383 e. The van der Waals surface area contributed by atoms with Gasteiger partial charge < -0.3 is 5.32 Å². The summed E-state index contributed by atoms with van der Waals surface area (Å²) in [7, 11) is 0. The molecule has 1 aromatic heterocycles. The van der Waals surface area contributed by atoms with Crippen LogP contribution in [-0.4, -0.2) is 33.4 Å². The molecule has 0 saturated heterocycles. The standard InChI is InChI=1S/C6H6F4N4O/c7-4(8)6(9,10)5(15)11-1-3-12-2-13-14-3/h2,4H,1H2,(H,11,15)(H,12,13,14). The molecule has 1 rings (SSSR count). The Morgan fingerprint density at radius 1 is 1.60 bits per heavy atom. The van der Waals surface area contributed by atoms with Crippen LogP contribution in [0.3, 0.4) is 0 Å². The van der Waals surface area contributed by atoms with Crippen LogP contribution in [0.15, 0.2) is 6.33 Å². The zero-order chi connectivity index (χ0) is 11.5. The zero-order valence-corrected chi connectivity index (χ0v) is 7.18. The minimum Gasteiger partial charge on any atom is -0.343 e. The zero-order valence-electron chi connectivity index (χ0n) is 7.18. The van der Waals surface area contributed by atoms with E-state index in [4.69, 9.17) is 0 Å². The van der Waals surface area contributed by atoms with Crippen LogP contribution < -0.4 is 5.32 Å². The van der Waals surface area contributed by atoms with Crippen LogP contribution in [0.4, 0.5) is 17.6 Å². The summed E-state index contributed by atoms with van der Waals surface area (Å²) >= 11 is 0. The van der Waals surface area contributed by atoms with Crippen molar-refractivity contribution in [3.8, 4) is 0 Å². The minimum atomic E-state index is -4.69. The molecule has 0 aliphatic heterocycles. The SMILES string of the molecule is O=C(NCc1ncn[nH]1)C(F)(F)C(F)F. The highest BCUT2D eigenvalue weighted by atomic mass is 19.3. The van der Waals surface area contributed by atoms with Gasteiger partial charge >= 0.3 is 12.3 Å². The molecule has 0 bridgehead atoms. The Hall–Kier alpha value is -1.67. The van der Waals surface area contributed by atoms with Crippen molar-refractivity contribution >= 4 is 5.91 Å². The fraction of sp³-hybridized carbons (Fsp3) is 0.500. The first-order valence-corrected chi connectivity index (χ1v) is 3.73. The van der Waals surface area contributed by atoms with Gasteiger partial charge in [-0.1, -0.05) is 0 Å². The lowest BCUT2D eigenvalue weighted by atomic mass is 10.3. The summed E-state index contributed by atoms with van der Waals surface area (Å²) in [5.74, 6) is -6.65. The van der Waals surface area contributed by atoms with Crippen LogP contribution in [0.5, 0.6) is 0 Å². The Morgan fingerprint density at radius 2 is 2.27 bits per heavy atom. The highest BCUT2D eigenvalue weighted by molar-refractivity contribution is 5.83. The van der Waals surface area contributed by atoms with Gasteiger partial charge in [0.1, 0.15) is 12.2 Å². The quantitative estimate of drug-likeness (QED) is 0.726. The lowest BCUT2D eigenvalue weighted by Gasteiger charge is -2.13. The fourth-order valence-corrected chi connectivity index (χ4v) is 0.697. The van der Waals surface area contributed by atoms with Crippen LogP contribution >= 0.6 is 0 Å². The first kappa shape index (κ1) is 11.4. The van der Waals surface area contributed by atoms with Crippen molar-refractivity contribution in [3.05, 3.63) is 12.2 Å². The third kappa shape index (κ3) is 2.64. The Bertz CT molecular complexity index is 326. The smallest absolute Gasteiger partial charge is 0.343 e. The van der Waals surface area contributed by atoms with Gasteiger partial charge in [-0.15, -0.1) is 0 Å². The number of aromatic amines is 1. The monoisotopic (exact) mass is 226 g/mol. The third-order valence-electron chi connectivity index (χ3n) is 1.46. The van der Waals surface area contributed by atoms with Crippen molar-refractivity contribution in [2.24, 2.45) is 0 Å². The van der Waals surface area contributed by atoms with Crippen molar-refractivity contribution in [2.75, 3.05) is 0 Å². The lowest BCUT2D eigenvalue weighted by molar-refractivity contribution is -0.169. The molecule has 1 amide bonds. The average molecular weight is 226 g/mol. The van der Waals surface area contributed by atoms with Crippen LogP contribution in [0.1, 0.15) is 5.82 Å². The van der Waals surface area contributed by atoms with Gasteiger partial charge in [-0.05, 0) is 0 Å². The van der Waals surface area contributed by atoms with Crippen LogP contribution in [0.25, 0.3) is 0 Å². The summed E-state index contributed by atoms with van der Waals surface area (Å²) in [5.41, 5.74) is 0. The Kier molecular flexibility index (Phi) is 3.22. The average Bonchev–Trinajstić information content (AvgIpc) is 2.66.